The monoisotopic (exact) mass is 185 g/mol. The lowest BCUT2D eigenvalue weighted by Crippen LogP contribution is -2.39. The standard InChI is InChI=1S/C10H19NO2/c12-10-2-1-9(7-10)8-11-3-5-13-6-4-11/h9-10,12H,1-8H2. The molecule has 2 atom stereocenters. The van der Waals surface area contributed by atoms with Crippen molar-refractivity contribution in [1.29, 1.82) is 0 Å². The highest BCUT2D eigenvalue weighted by Gasteiger charge is 2.25. The number of rotatable bonds is 2. The van der Waals surface area contributed by atoms with Crippen LogP contribution in [0.3, 0.4) is 0 Å². The minimum absolute atomic E-state index is 0.0222. The lowest BCUT2D eigenvalue weighted by Gasteiger charge is -2.28. The molecule has 1 aliphatic carbocycles. The van der Waals surface area contributed by atoms with E-state index in [0.29, 0.717) is 0 Å². The van der Waals surface area contributed by atoms with Crippen molar-refractivity contribution >= 4 is 0 Å². The fourth-order valence-corrected chi connectivity index (χ4v) is 2.36. The molecule has 76 valence electrons. The van der Waals surface area contributed by atoms with Gasteiger partial charge < -0.3 is 9.84 Å². The second-order valence-corrected chi connectivity index (χ2v) is 4.25. The molecule has 1 heterocycles. The van der Waals surface area contributed by atoms with Gasteiger partial charge in [0.25, 0.3) is 0 Å². The molecule has 13 heavy (non-hydrogen) atoms. The second-order valence-electron chi connectivity index (χ2n) is 4.25. The van der Waals surface area contributed by atoms with Crippen LogP contribution >= 0.6 is 0 Å². The summed E-state index contributed by atoms with van der Waals surface area (Å²) < 4.78 is 5.29. The third kappa shape index (κ3) is 2.66. The Morgan fingerprint density at radius 2 is 2.00 bits per heavy atom. The summed E-state index contributed by atoms with van der Waals surface area (Å²) in [6, 6.07) is 0. The zero-order chi connectivity index (χ0) is 9.10. The highest BCUT2D eigenvalue weighted by molar-refractivity contribution is 4.78. The number of hydrogen-bond acceptors (Lipinski definition) is 3. The summed E-state index contributed by atoms with van der Waals surface area (Å²) in [6.45, 7) is 5.09. The van der Waals surface area contributed by atoms with E-state index in [4.69, 9.17) is 4.74 Å². The lowest BCUT2D eigenvalue weighted by atomic mass is 10.1. The molecular formula is C10H19NO2. The molecule has 3 nitrogen and oxygen atoms in total. The van der Waals surface area contributed by atoms with Crippen molar-refractivity contribution in [3.8, 4) is 0 Å². The number of nitrogens with zero attached hydrogens (tertiary/aromatic N) is 1. The van der Waals surface area contributed by atoms with Crippen molar-refractivity contribution in [3.05, 3.63) is 0 Å². The van der Waals surface area contributed by atoms with Crippen LogP contribution < -0.4 is 0 Å². The van der Waals surface area contributed by atoms with Crippen LogP contribution in [-0.4, -0.2) is 49.0 Å². The Morgan fingerprint density at radius 1 is 1.23 bits per heavy atom. The molecule has 2 rings (SSSR count). The van der Waals surface area contributed by atoms with Gasteiger partial charge in [0.1, 0.15) is 0 Å². The Balaban J connectivity index is 1.71. The number of morpholine rings is 1. The average molecular weight is 185 g/mol. The summed E-state index contributed by atoms with van der Waals surface area (Å²) in [7, 11) is 0. The molecule has 1 aliphatic heterocycles. The van der Waals surface area contributed by atoms with Gasteiger partial charge in [0.2, 0.25) is 0 Å². The first-order valence-corrected chi connectivity index (χ1v) is 5.33. The van der Waals surface area contributed by atoms with Gasteiger partial charge in [-0.25, -0.2) is 0 Å². The maximum absolute atomic E-state index is 9.39. The van der Waals surface area contributed by atoms with Crippen LogP contribution in [0.1, 0.15) is 19.3 Å². The van der Waals surface area contributed by atoms with Crippen molar-refractivity contribution in [2.24, 2.45) is 5.92 Å². The molecule has 2 unspecified atom stereocenters. The molecule has 2 aliphatic rings. The highest BCUT2D eigenvalue weighted by Crippen LogP contribution is 2.26. The fraction of sp³-hybridized carbons (Fsp3) is 1.00. The third-order valence-corrected chi connectivity index (χ3v) is 3.13. The summed E-state index contributed by atoms with van der Waals surface area (Å²) in [5, 5.41) is 9.39. The van der Waals surface area contributed by atoms with E-state index in [1.54, 1.807) is 0 Å². The first kappa shape index (κ1) is 9.44. The van der Waals surface area contributed by atoms with Crippen molar-refractivity contribution in [1.82, 2.24) is 4.90 Å². The molecule has 0 aromatic heterocycles. The van der Waals surface area contributed by atoms with Gasteiger partial charge in [0.15, 0.2) is 0 Å². The SMILES string of the molecule is OC1CCC(CN2CCOCC2)C1. The van der Waals surface area contributed by atoms with Gasteiger partial charge in [0.05, 0.1) is 19.3 Å². The van der Waals surface area contributed by atoms with Gasteiger partial charge in [-0.2, -0.15) is 0 Å². The van der Waals surface area contributed by atoms with Crippen LogP contribution in [0.25, 0.3) is 0 Å². The molecule has 3 heteroatoms. The largest absolute Gasteiger partial charge is 0.393 e. The Kier molecular flexibility index (Phi) is 3.19. The molecule has 0 amide bonds. The zero-order valence-electron chi connectivity index (χ0n) is 8.11. The smallest absolute Gasteiger partial charge is 0.0594 e. The Bertz CT molecular complexity index is 154. The van der Waals surface area contributed by atoms with E-state index in [2.05, 4.69) is 4.90 Å². The van der Waals surface area contributed by atoms with Crippen LogP contribution in [0.2, 0.25) is 0 Å². The van der Waals surface area contributed by atoms with E-state index in [9.17, 15) is 5.11 Å². The van der Waals surface area contributed by atoms with E-state index in [-0.39, 0.29) is 6.10 Å². The molecule has 1 N–H and O–H groups in total. The van der Waals surface area contributed by atoms with Crippen LogP contribution in [0.4, 0.5) is 0 Å². The topological polar surface area (TPSA) is 32.7 Å². The average Bonchev–Trinajstić information content (AvgIpc) is 2.53. The summed E-state index contributed by atoms with van der Waals surface area (Å²) in [4.78, 5) is 2.46. The van der Waals surface area contributed by atoms with Crippen LogP contribution in [0, 0.1) is 5.92 Å². The summed E-state index contributed by atoms with van der Waals surface area (Å²) in [5.41, 5.74) is 0. The minimum Gasteiger partial charge on any atom is -0.393 e. The van der Waals surface area contributed by atoms with E-state index >= 15 is 0 Å². The molecule has 0 bridgehead atoms. The molecule has 0 radical (unpaired) electrons. The van der Waals surface area contributed by atoms with Gasteiger partial charge in [-0.3, -0.25) is 4.90 Å². The fourth-order valence-electron chi connectivity index (χ4n) is 2.36. The van der Waals surface area contributed by atoms with Crippen molar-refractivity contribution in [2.75, 3.05) is 32.8 Å². The van der Waals surface area contributed by atoms with Crippen molar-refractivity contribution < 1.29 is 9.84 Å². The number of hydrogen-bond donors (Lipinski definition) is 1. The predicted molar refractivity (Wildman–Crippen MR) is 50.6 cm³/mol. The maximum Gasteiger partial charge on any atom is 0.0594 e. The molecule has 2 fully saturated rings. The van der Waals surface area contributed by atoms with Crippen LogP contribution in [0.5, 0.6) is 0 Å². The van der Waals surface area contributed by atoms with Gasteiger partial charge in [-0.05, 0) is 25.2 Å². The summed E-state index contributed by atoms with van der Waals surface area (Å²) in [5.74, 6) is 0.730. The molecule has 1 saturated carbocycles. The van der Waals surface area contributed by atoms with Gasteiger partial charge in [-0.15, -0.1) is 0 Å². The normalized spacial score (nSPS) is 36.7. The van der Waals surface area contributed by atoms with Crippen molar-refractivity contribution in [3.63, 3.8) is 0 Å². The Morgan fingerprint density at radius 3 is 2.62 bits per heavy atom. The summed E-state index contributed by atoms with van der Waals surface area (Å²) >= 11 is 0. The Labute approximate surface area is 79.7 Å². The van der Waals surface area contributed by atoms with Crippen molar-refractivity contribution in [2.45, 2.75) is 25.4 Å². The summed E-state index contributed by atoms with van der Waals surface area (Å²) in [6.07, 6.45) is 3.20. The van der Waals surface area contributed by atoms with Gasteiger partial charge >= 0.3 is 0 Å². The van der Waals surface area contributed by atoms with Gasteiger partial charge in [0, 0.05) is 19.6 Å². The van der Waals surface area contributed by atoms with E-state index < -0.39 is 0 Å². The maximum atomic E-state index is 9.39. The molecule has 0 aromatic carbocycles. The first-order valence-electron chi connectivity index (χ1n) is 5.33. The third-order valence-electron chi connectivity index (χ3n) is 3.13. The quantitative estimate of drug-likeness (QED) is 0.679. The first-order chi connectivity index (χ1) is 6.34. The van der Waals surface area contributed by atoms with Crippen LogP contribution in [-0.2, 0) is 4.74 Å². The molecule has 1 saturated heterocycles. The Hall–Kier alpha value is -0.120. The van der Waals surface area contributed by atoms with E-state index in [1.807, 2.05) is 0 Å². The van der Waals surface area contributed by atoms with Crippen LogP contribution in [0.15, 0.2) is 0 Å². The zero-order valence-corrected chi connectivity index (χ0v) is 8.11. The molecule has 0 spiro atoms. The highest BCUT2D eigenvalue weighted by atomic mass is 16.5. The van der Waals surface area contributed by atoms with E-state index in [0.717, 1.165) is 45.1 Å². The minimum atomic E-state index is -0.0222. The molecule has 0 aromatic rings. The second kappa shape index (κ2) is 4.40. The number of ether oxygens (including phenoxy) is 1. The number of aliphatic hydroxyl groups excluding tert-OH is 1. The number of aliphatic hydroxyl groups is 1. The van der Waals surface area contributed by atoms with E-state index in [1.165, 1.54) is 13.0 Å². The predicted octanol–water partition coefficient (Wildman–Crippen LogP) is 0.480. The van der Waals surface area contributed by atoms with Gasteiger partial charge in [-0.1, -0.05) is 0 Å². The molecular weight excluding hydrogens is 166 g/mol. The lowest BCUT2D eigenvalue weighted by molar-refractivity contribution is 0.0301.